The van der Waals surface area contributed by atoms with Crippen LogP contribution in [0.3, 0.4) is 0 Å². The van der Waals surface area contributed by atoms with Crippen LogP contribution in [0.25, 0.3) is 33.1 Å². The number of rotatable bonds is 5. The molecule has 0 radical (unpaired) electrons. The van der Waals surface area contributed by atoms with Gasteiger partial charge < -0.3 is 14.2 Å². The minimum atomic E-state index is 0.382. The fourth-order valence-corrected chi connectivity index (χ4v) is 4.71. The normalized spacial score (nSPS) is 11.9. The van der Waals surface area contributed by atoms with E-state index in [4.69, 9.17) is 24.3 Å². The molecule has 8 nitrogen and oxygen atoms in total. The van der Waals surface area contributed by atoms with E-state index in [1.54, 1.807) is 7.11 Å². The van der Waals surface area contributed by atoms with Gasteiger partial charge in [0.25, 0.3) is 0 Å². The van der Waals surface area contributed by atoms with Crippen LogP contribution >= 0.6 is 0 Å². The summed E-state index contributed by atoms with van der Waals surface area (Å²) in [7, 11) is 3.64. The van der Waals surface area contributed by atoms with Crippen molar-refractivity contribution in [3.05, 3.63) is 52.6 Å². The molecule has 8 heteroatoms. The van der Waals surface area contributed by atoms with Crippen molar-refractivity contribution in [3.8, 4) is 16.9 Å². The Hall–Kier alpha value is -3.68. The molecule has 0 amide bonds. The zero-order valence-corrected chi connectivity index (χ0v) is 20.1. The molecule has 0 saturated heterocycles. The van der Waals surface area contributed by atoms with E-state index in [9.17, 15) is 0 Å². The molecule has 0 saturated carbocycles. The smallest absolute Gasteiger partial charge is 0.142 e. The molecule has 33 heavy (non-hydrogen) atoms. The summed E-state index contributed by atoms with van der Waals surface area (Å²) in [6.45, 7) is 10.2. The van der Waals surface area contributed by atoms with E-state index in [2.05, 4.69) is 42.3 Å². The average Bonchev–Trinajstić information content (AvgIpc) is 3.40. The molecule has 0 bridgehead atoms. The number of ether oxygens (including phenoxy) is 1. The Bertz CT molecular complexity index is 1490. The molecule has 4 heterocycles. The number of hydrogen-bond donors (Lipinski definition) is 1. The van der Waals surface area contributed by atoms with Gasteiger partial charge in [0.05, 0.1) is 29.8 Å². The summed E-state index contributed by atoms with van der Waals surface area (Å²) in [6, 6.07) is 4.14. The van der Waals surface area contributed by atoms with Crippen LogP contribution in [0.1, 0.15) is 54.0 Å². The third-order valence-electron chi connectivity index (χ3n) is 6.16. The van der Waals surface area contributed by atoms with Crippen molar-refractivity contribution in [3.63, 3.8) is 0 Å². The van der Waals surface area contributed by atoms with Crippen LogP contribution in [-0.2, 0) is 13.5 Å². The summed E-state index contributed by atoms with van der Waals surface area (Å²) in [5.74, 6) is 2.62. The van der Waals surface area contributed by atoms with Gasteiger partial charge in [-0.2, -0.15) is 5.10 Å². The van der Waals surface area contributed by atoms with Crippen LogP contribution in [0.4, 0.5) is 0 Å². The highest BCUT2D eigenvalue weighted by Crippen LogP contribution is 2.40. The van der Waals surface area contributed by atoms with Crippen LogP contribution in [0.15, 0.2) is 22.9 Å². The Labute approximate surface area is 192 Å². The number of fused-ring (bicyclic) bond motifs is 3. The van der Waals surface area contributed by atoms with Gasteiger partial charge in [0.15, 0.2) is 0 Å². The number of nitrogens with zero attached hydrogens (tertiary/aromatic N) is 5. The van der Waals surface area contributed by atoms with Gasteiger partial charge >= 0.3 is 0 Å². The zero-order valence-electron chi connectivity index (χ0n) is 20.1. The van der Waals surface area contributed by atoms with Gasteiger partial charge in [-0.15, -0.1) is 0 Å². The highest BCUT2D eigenvalue weighted by Gasteiger charge is 2.21. The zero-order chi connectivity index (χ0) is 23.4. The van der Waals surface area contributed by atoms with Gasteiger partial charge in [-0.25, -0.2) is 9.97 Å². The van der Waals surface area contributed by atoms with Crippen LogP contribution in [-0.4, -0.2) is 37.0 Å². The monoisotopic (exact) mass is 444 g/mol. The predicted octanol–water partition coefficient (Wildman–Crippen LogP) is 5.15. The lowest BCUT2D eigenvalue weighted by atomic mass is 9.98. The largest absolute Gasteiger partial charge is 0.496 e. The summed E-state index contributed by atoms with van der Waals surface area (Å²) >= 11 is 0. The number of aryl methyl sites for hydroxylation is 4. The molecular weight excluding hydrogens is 416 g/mol. The second kappa shape index (κ2) is 7.72. The number of aromatic amines is 1. The molecule has 170 valence electrons. The lowest BCUT2D eigenvalue weighted by molar-refractivity contribution is 0.393. The second-order valence-corrected chi connectivity index (χ2v) is 8.90. The van der Waals surface area contributed by atoms with E-state index < -0.39 is 0 Å². The number of aromatic nitrogens is 6. The Morgan fingerprint density at radius 2 is 1.91 bits per heavy atom. The lowest BCUT2D eigenvalue weighted by Crippen LogP contribution is -2.02. The first-order chi connectivity index (χ1) is 15.8. The first-order valence-corrected chi connectivity index (χ1v) is 11.1. The van der Waals surface area contributed by atoms with Crippen molar-refractivity contribution >= 4 is 21.9 Å². The molecule has 5 rings (SSSR count). The number of nitrogens with one attached hydrogen (secondary N) is 1. The van der Waals surface area contributed by atoms with Gasteiger partial charge in [0.1, 0.15) is 23.0 Å². The molecule has 0 aliphatic carbocycles. The molecule has 4 aromatic heterocycles. The summed E-state index contributed by atoms with van der Waals surface area (Å²) < 4.78 is 13.1. The minimum Gasteiger partial charge on any atom is -0.496 e. The van der Waals surface area contributed by atoms with Crippen molar-refractivity contribution in [2.24, 2.45) is 7.05 Å². The highest BCUT2D eigenvalue weighted by atomic mass is 16.5. The number of methoxy groups -OCH3 is 1. The van der Waals surface area contributed by atoms with E-state index in [-0.39, 0.29) is 0 Å². The molecule has 0 spiro atoms. The Morgan fingerprint density at radius 3 is 2.58 bits per heavy atom. The van der Waals surface area contributed by atoms with E-state index in [1.165, 1.54) is 5.56 Å². The van der Waals surface area contributed by atoms with Crippen molar-refractivity contribution in [2.45, 2.75) is 47.0 Å². The van der Waals surface area contributed by atoms with Crippen LogP contribution in [0.5, 0.6) is 5.75 Å². The maximum atomic E-state index is 5.80. The lowest BCUT2D eigenvalue weighted by Gasteiger charge is -2.10. The van der Waals surface area contributed by atoms with E-state index >= 15 is 0 Å². The Morgan fingerprint density at radius 1 is 1.12 bits per heavy atom. The summed E-state index contributed by atoms with van der Waals surface area (Å²) in [6.07, 6.45) is 2.73. The molecule has 0 fully saturated rings. The number of hydrogen-bond acceptors (Lipinski definition) is 6. The van der Waals surface area contributed by atoms with Crippen molar-refractivity contribution < 1.29 is 9.26 Å². The summed E-state index contributed by atoms with van der Waals surface area (Å²) in [5, 5.41) is 10.9. The molecule has 0 atom stereocenters. The van der Waals surface area contributed by atoms with Crippen LogP contribution < -0.4 is 4.74 Å². The van der Waals surface area contributed by atoms with Gasteiger partial charge in [0, 0.05) is 41.5 Å². The molecule has 0 aliphatic heterocycles. The standard InChI is InChI=1S/C25H28N6O2/c1-12(2)18-11-31(6)29-20(18)10-21-24-16-9-22(32-7)17(23-13(3)30-33-14(23)4)8-19(16)28-25(24)27-15(5)26-21/h8-9,11-12H,10H2,1-7H3,(H,26,27,28). The summed E-state index contributed by atoms with van der Waals surface area (Å²) in [5.41, 5.74) is 7.72. The molecule has 0 aliphatic rings. The van der Waals surface area contributed by atoms with E-state index in [0.29, 0.717) is 12.3 Å². The molecule has 1 aromatic carbocycles. The SMILES string of the molecule is COc1cc2c(cc1-c1c(C)noc1C)[nH]c1nc(C)nc(Cc3nn(C)cc3C(C)C)c12. The highest BCUT2D eigenvalue weighted by molar-refractivity contribution is 6.09. The van der Waals surface area contributed by atoms with Gasteiger partial charge in [-0.1, -0.05) is 19.0 Å². The van der Waals surface area contributed by atoms with Gasteiger partial charge in [-0.3, -0.25) is 4.68 Å². The topological polar surface area (TPSA) is 94.7 Å². The first-order valence-electron chi connectivity index (χ1n) is 11.1. The van der Waals surface area contributed by atoms with E-state index in [0.717, 1.165) is 67.5 Å². The second-order valence-electron chi connectivity index (χ2n) is 8.90. The van der Waals surface area contributed by atoms with Gasteiger partial charge in [0.2, 0.25) is 0 Å². The third kappa shape index (κ3) is 3.46. The average molecular weight is 445 g/mol. The minimum absolute atomic E-state index is 0.382. The van der Waals surface area contributed by atoms with Crippen molar-refractivity contribution in [2.75, 3.05) is 7.11 Å². The number of H-pyrrole nitrogens is 1. The number of benzene rings is 1. The van der Waals surface area contributed by atoms with Crippen LogP contribution in [0.2, 0.25) is 0 Å². The predicted molar refractivity (Wildman–Crippen MR) is 128 cm³/mol. The van der Waals surface area contributed by atoms with Gasteiger partial charge in [-0.05, 0) is 44.4 Å². The molecule has 0 unspecified atom stereocenters. The fourth-order valence-electron chi connectivity index (χ4n) is 4.71. The van der Waals surface area contributed by atoms with E-state index in [1.807, 2.05) is 32.5 Å². The molecule has 5 aromatic rings. The molecule has 1 N–H and O–H groups in total. The Balaban J connectivity index is 1.75. The third-order valence-corrected chi connectivity index (χ3v) is 6.16. The Kier molecular flexibility index (Phi) is 4.96. The van der Waals surface area contributed by atoms with Crippen molar-refractivity contribution in [1.29, 1.82) is 0 Å². The molecular formula is C25H28N6O2. The quantitative estimate of drug-likeness (QED) is 0.403. The fraction of sp³-hybridized carbons (Fsp3) is 0.360. The first kappa shape index (κ1) is 21.2. The maximum absolute atomic E-state index is 5.80. The van der Waals surface area contributed by atoms with Crippen LogP contribution in [0, 0.1) is 20.8 Å². The summed E-state index contributed by atoms with van der Waals surface area (Å²) in [4.78, 5) is 13.0. The maximum Gasteiger partial charge on any atom is 0.142 e. The van der Waals surface area contributed by atoms with Crippen molar-refractivity contribution in [1.82, 2.24) is 29.9 Å².